The highest BCUT2D eigenvalue weighted by Crippen LogP contribution is 2.25. The summed E-state index contributed by atoms with van der Waals surface area (Å²) < 4.78 is 33.0. The number of carbonyl (C=O) groups excluding carboxylic acids is 1. The SMILES string of the molecule is CCOc1ccc(N2CCN(C(=O)[C@@H]3C[C@H](NCc4ccc(F)cc4F)CN3Cc3ccccc3)CC2)cc1. The Morgan fingerprint density at radius 1 is 0.974 bits per heavy atom. The highest BCUT2D eigenvalue weighted by Gasteiger charge is 2.39. The van der Waals surface area contributed by atoms with Crippen LogP contribution < -0.4 is 15.0 Å². The van der Waals surface area contributed by atoms with Crippen molar-refractivity contribution in [2.75, 3.05) is 44.2 Å². The summed E-state index contributed by atoms with van der Waals surface area (Å²) in [6, 6.07) is 21.7. The zero-order chi connectivity index (χ0) is 27.2. The van der Waals surface area contributed by atoms with Crippen LogP contribution in [-0.2, 0) is 17.9 Å². The Balaban J connectivity index is 1.22. The predicted molar refractivity (Wildman–Crippen MR) is 149 cm³/mol. The van der Waals surface area contributed by atoms with Crippen molar-refractivity contribution in [1.82, 2.24) is 15.1 Å². The summed E-state index contributed by atoms with van der Waals surface area (Å²) in [6.07, 6.45) is 0.646. The maximum Gasteiger partial charge on any atom is 0.240 e. The number of halogens is 2. The van der Waals surface area contributed by atoms with Gasteiger partial charge >= 0.3 is 0 Å². The Morgan fingerprint density at radius 2 is 1.72 bits per heavy atom. The van der Waals surface area contributed by atoms with Crippen molar-refractivity contribution in [2.24, 2.45) is 0 Å². The molecule has 0 unspecified atom stereocenters. The summed E-state index contributed by atoms with van der Waals surface area (Å²) in [5, 5.41) is 3.41. The molecule has 39 heavy (non-hydrogen) atoms. The molecule has 1 amide bonds. The molecule has 2 aliphatic heterocycles. The Labute approximate surface area is 229 Å². The lowest BCUT2D eigenvalue weighted by atomic mass is 10.1. The van der Waals surface area contributed by atoms with Gasteiger partial charge in [0, 0.05) is 69.2 Å². The van der Waals surface area contributed by atoms with Crippen LogP contribution in [0.25, 0.3) is 0 Å². The first kappa shape index (κ1) is 27.1. The third-order valence-electron chi connectivity index (χ3n) is 7.62. The number of nitrogens with zero attached hydrogens (tertiary/aromatic N) is 3. The second kappa shape index (κ2) is 12.6. The molecule has 5 rings (SSSR count). The third-order valence-corrected chi connectivity index (χ3v) is 7.62. The van der Waals surface area contributed by atoms with Crippen molar-refractivity contribution in [1.29, 1.82) is 0 Å². The molecule has 0 aliphatic carbocycles. The first-order chi connectivity index (χ1) is 19.0. The Kier molecular flexibility index (Phi) is 8.74. The minimum atomic E-state index is -0.584. The quantitative estimate of drug-likeness (QED) is 0.440. The average molecular weight is 535 g/mol. The van der Waals surface area contributed by atoms with Crippen LogP contribution in [0.4, 0.5) is 14.5 Å². The van der Waals surface area contributed by atoms with E-state index < -0.39 is 11.6 Å². The van der Waals surface area contributed by atoms with E-state index in [0.29, 0.717) is 44.8 Å². The summed E-state index contributed by atoms with van der Waals surface area (Å²) in [4.78, 5) is 20.3. The van der Waals surface area contributed by atoms with Crippen molar-refractivity contribution in [3.63, 3.8) is 0 Å². The molecule has 3 aromatic carbocycles. The highest BCUT2D eigenvalue weighted by molar-refractivity contribution is 5.82. The molecule has 0 radical (unpaired) electrons. The Bertz CT molecular complexity index is 1230. The van der Waals surface area contributed by atoms with Crippen LogP contribution in [0, 0.1) is 11.6 Å². The third kappa shape index (κ3) is 6.75. The van der Waals surface area contributed by atoms with E-state index in [1.807, 2.05) is 42.2 Å². The monoisotopic (exact) mass is 534 g/mol. The number of rotatable bonds is 9. The molecule has 0 spiro atoms. The molecule has 0 aromatic heterocycles. The molecule has 0 bridgehead atoms. The van der Waals surface area contributed by atoms with Gasteiger partial charge in [0.2, 0.25) is 5.91 Å². The molecule has 2 fully saturated rings. The molecule has 2 aliphatic rings. The number of nitrogens with one attached hydrogen (secondary N) is 1. The van der Waals surface area contributed by atoms with Gasteiger partial charge in [-0.1, -0.05) is 36.4 Å². The van der Waals surface area contributed by atoms with E-state index in [2.05, 4.69) is 39.4 Å². The zero-order valence-electron chi connectivity index (χ0n) is 22.4. The van der Waals surface area contributed by atoms with Crippen molar-refractivity contribution in [3.05, 3.63) is 95.6 Å². The highest BCUT2D eigenvalue weighted by atomic mass is 19.1. The first-order valence-electron chi connectivity index (χ1n) is 13.7. The van der Waals surface area contributed by atoms with Gasteiger partial charge < -0.3 is 19.9 Å². The summed E-state index contributed by atoms with van der Waals surface area (Å²) in [5.74, 6) is -0.131. The summed E-state index contributed by atoms with van der Waals surface area (Å²) >= 11 is 0. The van der Waals surface area contributed by atoms with Crippen LogP contribution in [0.15, 0.2) is 72.8 Å². The van der Waals surface area contributed by atoms with Crippen molar-refractivity contribution in [3.8, 4) is 5.75 Å². The molecular weight excluding hydrogens is 498 g/mol. The van der Waals surface area contributed by atoms with Gasteiger partial charge in [-0.3, -0.25) is 9.69 Å². The van der Waals surface area contributed by atoms with Crippen LogP contribution >= 0.6 is 0 Å². The van der Waals surface area contributed by atoms with Gasteiger partial charge in [-0.05, 0) is 49.2 Å². The molecule has 2 saturated heterocycles. The smallest absolute Gasteiger partial charge is 0.240 e. The zero-order valence-corrected chi connectivity index (χ0v) is 22.4. The molecule has 6 nitrogen and oxygen atoms in total. The van der Waals surface area contributed by atoms with Crippen LogP contribution in [-0.4, -0.2) is 67.1 Å². The summed E-state index contributed by atoms with van der Waals surface area (Å²) in [6.45, 7) is 7.14. The van der Waals surface area contributed by atoms with Crippen LogP contribution in [0.3, 0.4) is 0 Å². The number of benzene rings is 3. The van der Waals surface area contributed by atoms with Crippen molar-refractivity contribution >= 4 is 11.6 Å². The maximum absolute atomic E-state index is 14.2. The first-order valence-corrected chi connectivity index (χ1v) is 13.7. The van der Waals surface area contributed by atoms with Gasteiger partial charge in [0.1, 0.15) is 17.4 Å². The molecule has 2 atom stereocenters. The van der Waals surface area contributed by atoms with Crippen LogP contribution in [0.2, 0.25) is 0 Å². The number of piperazine rings is 1. The lowest BCUT2D eigenvalue weighted by molar-refractivity contribution is -0.136. The fraction of sp³-hybridized carbons (Fsp3) is 0.387. The molecular formula is C31H36F2N4O2. The van der Waals surface area contributed by atoms with E-state index in [-0.39, 0.29) is 24.5 Å². The maximum atomic E-state index is 14.2. The van der Waals surface area contributed by atoms with E-state index in [1.165, 1.54) is 12.1 Å². The van der Waals surface area contributed by atoms with E-state index in [9.17, 15) is 13.6 Å². The van der Waals surface area contributed by atoms with Gasteiger partial charge in [0.05, 0.1) is 12.6 Å². The van der Waals surface area contributed by atoms with E-state index >= 15 is 0 Å². The van der Waals surface area contributed by atoms with Crippen LogP contribution in [0.5, 0.6) is 5.75 Å². The van der Waals surface area contributed by atoms with E-state index in [1.54, 1.807) is 0 Å². The topological polar surface area (TPSA) is 48.1 Å². The molecule has 0 saturated carbocycles. The van der Waals surface area contributed by atoms with Crippen molar-refractivity contribution in [2.45, 2.75) is 38.5 Å². The van der Waals surface area contributed by atoms with Gasteiger partial charge in [0.15, 0.2) is 0 Å². The van der Waals surface area contributed by atoms with Crippen LogP contribution in [0.1, 0.15) is 24.5 Å². The lowest BCUT2D eigenvalue weighted by Gasteiger charge is -2.38. The van der Waals surface area contributed by atoms with Gasteiger partial charge in [-0.15, -0.1) is 0 Å². The number of carbonyl (C=O) groups is 1. The Hall–Kier alpha value is -3.49. The second-order valence-corrected chi connectivity index (χ2v) is 10.2. The minimum Gasteiger partial charge on any atom is -0.494 e. The summed E-state index contributed by atoms with van der Waals surface area (Å²) in [5.41, 5.74) is 2.71. The van der Waals surface area contributed by atoms with Gasteiger partial charge in [-0.25, -0.2) is 8.78 Å². The van der Waals surface area contributed by atoms with E-state index in [0.717, 1.165) is 36.2 Å². The molecule has 3 aromatic rings. The number of ether oxygens (including phenoxy) is 1. The van der Waals surface area contributed by atoms with E-state index in [4.69, 9.17) is 4.74 Å². The number of hydrogen-bond acceptors (Lipinski definition) is 5. The molecule has 206 valence electrons. The second-order valence-electron chi connectivity index (χ2n) is 10.2. The largest absolute Gasteiger partial charge is 0.494 e. The number of amides is 1. The predicted octanol–water partition coefficient (Wildman–Crippen LogP) is 4.45. The lowest BCUT2D eigenvalue weighted by Crippen LogP contribution is -2.53. The fourth-order valence-corrected chi connectivity index (χ4v) is 5.54. The standard InChI is InChI=1S/C31H36F2N4O2/c1-2-39-28-12-10-27(11-13-28)35-14-16-36(17-15-35)31(38)30-19-26(22-37(30)21-23-6-4-3-5-7-23)34-20-24-8-9-25(32)18-29(24)33/h3-13,18,26,30,34H,2,14-17,19-22H2,1H3/t26-,30-/m0/s1. The number of anilines is 1. The summed E-state index contributed by atoms with van der Waals surface area (Å²) in [7, 11) is 0. The minimum absolute atomic E-state index is 0.0252. The average Bonchev–Trinajstić information content (AvgIpc) is 3.36. The molecule has 8 heteroatoms. The van der Waals surface area contributed by atoms with Gasteiger partial charge in [-0.2, -0.15) is 0 Å². The Morgan fingerprint density at radius 3 is 2.41 bits per heavy atom. The molecule has 1 N–H and O–H groups in total. The molecule has 2 heterocycles. The fourth-order valence-electron chi connectivity index (χ4n) is 5.54. The number of likely N-dealkylation sites (tertiary alicyclic amines) is 1. The van der Waals surface area contributed by atoms with Crippen molar-refractivity contribution < 1.29 is 18.3 Å². The number of hydrogen-bond donors (Lipinski definition) is 1. The van der Waals surface area contributed by atoms with Gasteiger partial charge in [0.25, 0.3) is 0 Å². The normalized spacial score (nSPS) is 19.9.